The molecule has 3 aromatic rings. The summed E-state index contributed by atoms with van der Waals surface area (Å²) in [4.78, 5) is 30.8. The van der Waals surface area contributed by atoms with Crippen LogP contribution in [0.1, 0.15) is 11.1 Å². The molecule has 2 heterocycles. The Morgan fingerprint density at radius 3 is 2.52 bits per heavy atom. The number of hydrogen-bond donors (Lipinski definition) is 1. The molecule has 9 heteroatoms. The third-order valence-electron chi connectivity index (χ3n) is 5.47. The van der Waals surface area contributed by atoms with Gasteiger partial charge in [0.1, 0.15) is 12.4 Å². The first-order chi connectivity index (χ1) is 16.0. The zero-order valence-electron chi connectivity index (χ0n) is 18.3. The molecule has 0 bridgehead atoms. The van der Waals surface area contributed by atoms with E-state index in [4.69, 9.17) is 4.74 Å². The Hall–Kier alpha value is -4.14. The lowest BCUT2D eigenvalue weighted by Crippen LogP contribution is -2.50. The van der Waals surface area contributed by atoms with Gasteiger partial charge in [0.15, 0.2) is 6.20 Å². The van der Waals surface area contributed by atoms with Crippen LogP contribution in [0.15, 0.2) is 66.9 Å². The molecule has 1 aliphatic rings. The van der Waals surface area contributed by atoms with Crippen molar-refractivity contribution in [2.45, 2.75) is 13.5 Å². The molecule has 1 aromatic heterocycles. The number of piperazine rings is 1. The largest absolute Gasteiger partial charge is 0.487 e. The summed E-state index contributed by atoms with van der Waals surface area (Å²) in [7, 11) is 0. The Bertz CT molecular complexity index is 1110. The number of nitrogens with zero attached hydrogens (tertiary/aromatic N) is 4. The maximum absolute atomic E-state index is 12.9. The van der Waals surface area contributed by atoms with Crippen molar-refractivity contribution in [1.29, 1.82) is 0 Å². The van der Waals surface area contributed by atoms with Gasteiger partial charge in [-0.05, 0) is 46.2 Å². The van der Waals surface area contributed by atoms with Crippen molar-refractivity contribution in [3.05, 3.63) is 88.1 Å². The van der Waals surface area contributed by atoms with Crippen LogP contribution in [0.2, 0.25) is 0 Å². The molecule has 0 aliphatic carbocycles. The molecule has 9 nitrogen and oxygen atoms in total. The van der Waals surface area contributed by atoms with Crippen molar-refractivity contribution in [3.63, 3.8) is 0 Å². The normalized spacial score (nSPS) is 13.5. The number of aromatic nitrogens is 1. The third-order valence-corrected chi connectivity index (χ3v) is 5.47. The Kier molecular flexibility index (Phi) is 6.68. The number of nitrogens with one attached hydrogen (secondary N) is 1. The number of carbonyl (C=O) groups excluding carboxylic acids is 1. The minimum atomic E-state index is -0.519. The predicted octanol–water partition coefficient (Wildman–Crippen LogP) is 4.23. The molecular weight excluding hydrogens is 422 g/mol. The summed E-state index contributed by atoms with van der Waals surface area (Å²) in [5.74, 6) is 0.447. The van der Waals surface area contributed by atoms with E-state index in [0.717, 1.165) is 16.8 Å². The minimum absolute atomic E-state index is 0.180. The molecular formula is C24H25N5O4. The lowest BCUT2D eigenvalue weighted by molar-refractivity contribution is -0.389. The number of urea groups is 1. The lowest BCUT2D eigenvalue weighted by Gasteiger charge is -2.35. The zero-order valence-corrected chi connectivity index (χ0v) is 18.3. The van der Waals surface area contributed by atoms with Crippen molar-refractivity contribution >= 4 is 23.2 Å². The van der Waals surface area contributed by atoms with E-state index in [-0.39, 0.29) is 11.8 Å². The predicted molar refractivity (Wildman–Crippen MR) is 126 cm³/mol. The van der Waals surface area contributed by atoms with E-state index in [2.05, 4.69) is 15.2 Å². The highest BCUT2D eigenvalue weighted by Gasteiger charge is 2.23. The van der Waals surface area contributed by atoms with E-state index in [1.165, 1.54) is 12.3 Å². The number of amides is 2. The molecule has 0 atom stereocenters. The Balaban J connectivity index is 1.35. The van der Waals surface area contributed by atoms with Gasteiger partial charge < -0.3 is 30.0 Å². The van der Waals surface area contributed by atoms with Crippen LogP contribution in [-0.4, -0.2) is 47.0 Å². The summed E-state index contributed by atoms with van der Waals surface area (Å²) in [5, 5.41) is 13.8. The summed E-state index contributed by atoms with van der Waals surface area (Å²) in [6.45, 7) is 4.66. The number of ether oxygens (including phenoxy) is 1. The molecule has 2 amide bonds. The smallest absolute Gasteiger partial charge is 0.363 e. The summed E-state index contributed by atoms with van der Waals surface area (Å²) in [6, 6.07) is 18.5. The third kappa shape index (κ3) is 5.57. The van der Waals surface area contributed by atoms with Crippen LogP contribution >= 0.6 is 0 Å². The van der Waals surface area contributed by atoms with Gasteiger partial charge in [0.2, 0.25) is 0 Å². The molecule has 0 radical (unpaired) electrons. The van der Waals surface area contributed by atoms with E-state index < -0.39 is 4.92 Å². The van der Waals surface area contributed by atoms with Gasteiger partial charge in [-0.3, -0.25) is 0 Å². The number of pyridine rings is 1. The molecule has 1 fully saturated rings. The molecule has 1 N–H and O–H groups in total. The van der Waals surface area contributed by atoms with Crippen molar-refractivity contribution < 1.29 is 14.5 Å². The first-order valence-corrected chi connectivity index (χ1v) is 10.7. The fraction of sp³-hybridized carbons (Fsp3) is 0.250. The van der Waals surface area contributed by atoms with Crippen molar-refractivity contribution in [3.8, 4) is 5.75 Å². The average molecular weight is 447 g/mol. The summed E-state index contributed by atoms with van der Waals surface area (Å²) >= 11 is 0. The number of carbonyl (C=O) groups is 1. The van der Waals surface area contributed by atoms with Crippen LogP contribution in [0.5, 0.6) is 5.75 Å². The van der Waals surface area contributed by atoms with Crippen LogP contribution in [0, 0.1) is 17.0 Å². The van der Waals surface area contributed by atoms with Crippen molar-refractivity contribution in [2.75, 3.05) is 36.4 Å². The number of rotatable bonds is 6. The van der Waals surface area contributed by atoms with Gasteiger partial charge in [-0.25, -0.2) is 4.79 Å². The fourth-order valence-electron chi connectivity index (χ4n) is 3.62. The summed E-state index contributed by atoms with van der Waals surface area (Å²) in [6.07, 6.45) is 1.50. The maximum Gasteiger partial charge on any atom is 0.363 e. The number of anilines is 2. The highest BCUT2D eigenvalue weighted by Crippen LogP contribution is 2.27. The highest BCUT2D eigenvalue weighted by atomic mass is 16.6. The lowest BCUT2D eigenvalue weighted by atomic mass is 10.2. The molecule has 1 aliphatic heterocycles. The van der Waals surface area contributed by atoms with Gasteiger partial charge in [-0.2, -0.15) is 0 Å². The molecule has 0 saturated carbocycles. The van der Waals surface area contributed by atoms with E-state index in [9.17, 15) is 14.9 Å². The van der Waals surface area contributed by atoms with E-state index in [0.29, 0.717) is 44.2 Å². The van der Waals surface area contributed by atoms with Crippen LogP contribution in [0.25, 0.3) is 0 Å². The van der Waals surface area contributed by atoms with Gasteiger partial charge >= 0.3 is 11.8 Å². The second-order valence-corrected chi connectivity index (χ2v) is 7.81. The first-order valence-electron chi connectivity index (χ1n) is 10.7. The summed E-state index contributed by atoms with van der Waals surface area (Å²) in [5.41, 5.74) is 3.52. The summed E-state index contributed by atoms with van der Waals surface area (Å²) < 4.78 is 6.00. The van der Waals surface area contributed by atoms with Crippen molar-refractivity contribution in [2.24, 2.45) is 0 Å². The first kappa shape index (κ1) is 22.1. The number of benzene rings is 2. The number of hydrogen-bond acceptors (Lipinski definition) is 6. The molecule has 1 saturated heterocycles. The van der Waals surface area contributed by atoms with Gasteiger partial charge in [-0.1, -0.05) is 36.4 Å². The molecule has 2 aromatic carbocycles. The van der Waals surface area contributed by atoms with Gasteiger partial charge in [-0.15, -0.1) is 0 Å². The Labute approximate surface area is 191 Å². The second-order valence-electron chi connectivity index (χ2n) is 7.81. The van der Waals surface area contributed by atoms with Crippen LogP contribution < -0.4 is 15.0 Å². The highest BCUT2D eigenvalue weighted by molar-refractivity contribution is 5.91. The van der Waals surface area contributed by atoms with Crippen LogP contribution in [0.3, 0.4) is 0 Å². The van der Waals surface area contributed by atoms with Gasteiger partial charge in [0, 0.05) is 32.2 Å². The molecule has 0 unspecified atom stereocenters. The van der Waals surface area contributed by atoms with Gasteiger partial charge in [0.05, 0.1) is 11.4 Å². The average Bonchev–Trinajstić information content (AvgIpc) is 2.85. The zero-order chi connectivity index (χ0) is 23.2. The van der Waals surface area contributed by atoms with E-state index in [1.807, 2.05) is 55.5 Å². The molecule has 4 rings (SSSR count). The van der Waals surface area contributed by atoms with Crippen LogP contribution in [0.4, 0.5) is 22.0 Å². The van der Waals surface area contributed by atoms with Crippen LogP contribution in [-0.2, 0) is 6.61 Å². The maximum atomic E-state index is 12.9. The topological polar surface area (TPSA) is 101 Å². The SMILES string of the molecule is Cc1ccc(NC(=O)N2CCN(c3ccc([N+](=O)[O-])nc3)CC2)c(OCc2ccccc2)c1. The molecule has 0 spiro atoms. The minimum Gasteiger partial charge on any atom is -0.487 e. The number of nitro groups is 1. The van der Waals surface area contributed by atoms with E-state index in [1.54, 1.807) is 11.0 Å². The molecule has 170 valence electrons. The number of aryl methyl sites for hydroxylation is 1. The van der Waals surface area contributed by atoms with Gasteiger partial charge in [0.25, 0.3) is 0 Å². The standard InChI is InChI=1S/C24H25N5O4/c1-18-7-9-21(22(15-18)33-17-19-5-3-2-4-6-19)26-24(30)28-13-11-27(12-14-28)20-8-10-23(25-16-20)29(31)32/h2-10,15-16H,11-14,17H2,1H3,(H,26,30). The molecule has 33 heavy (non-hydrogen) atoms. The quantitative estimate of drug-likeness (QED) is 0.448. The van der Waals surface area contributed by atoms with Crippen molar-refractivity contribution in [1.82, 2.24) is 9.88 Å². The van der Waals surface area contributed by atoms with E-state index >= 15 is 0 Å². The fourth-order valence-corrected chi connectivity index (χ4v) is 3.62. The Morgan fingerprint density at radius 1 is 1.09 bits per heavy atom. The Morgan fingerprint density at radius 2 is 1.85 bits per heavy atom. The second kappa shape index (κ2) is 9.99. The monoisotopic (exact) mass is 447 g/mol.